The van der Waals surface area contributed by atoms with E-state index < -0.39 is 0 Å². The van der Waals surface area contributed by atoms with E-state index in [4.69, 9.17) is 9.47 Å². The summed E-state index contributed by atoms with van der Waals surface area (Å²) in [6.45, 7) is 7.05. The normalized spacial score (nSPS) is 23.6. The van der Waals surface area contributed by atoms with Crippen LogP contribution in [0.15, 0.2) is 48.2 Å². The van der Waals surface area contributed by atoms with Crippen LogP contribution in [-0.2, 0) is 10.2 Å². The predicted molar refractivity (Wildman–Crippen MR) is 119 cm³/mol. The van der Waals surface area contributed by atoms with Crippen LogP contribution in [0.2, 0.25) is 0 Å². The van der Waals surface area contributed by atoms with Crippen LogP contribution in [0.3, 0.4) is 0 Å². The van der Waals surface area contributed by atoms with Gasteiger partial charge in [0.2, 0.25) is 0 Å². The van der Waals surface area contributed by atoms with Gasteiger partial charge in [0.25, 0.3) is 0 Å². The average Bonchev–Trinajstić information content (AvgIpc) is 3.05. The first-order chi connectivity index (χ1) is 14.4. The molecule has 0 radical (unpaired) electrons. The summed E-state index contributed by atoms with van der Waals surface area (Å²) in [5.41, 5.74) is 5.16. The van der Waals surface area contributed by atoms with Crippen LogP contribution in [-0.4, -0.2) is 37.6 Å². The molecular weight excluding hydrogens is 374 g/mol. The quantitative estimate of drug-likeness (QED) is 0.664. The number of carbonyl (C=O) groups is 1. The molecule has 0 unspecified atom stereocenters. The number of likely N-dealkylation sites (N-methyl/N-ethyl adjacent to an activating group) is 1. The number of rotatable bonds is 4. The molecule has 0 spiro atoms. The van der Waals surface area contributed by atoms with Gasteiger partial charge in [0.1, 0.15) is 11.5 Å². The molecule has 4 heteroatoms. The Morgan fingerprint density at radius 1 is 1.07 bits per heavy atom. The lowest BCUT2D eigenvalue weighted by Crippen LogP contribution is -2.42. The Hall–Kier alpha value is -2.59. The summed E-state index contributed by atoms with van der Waals surface area (Å²) in [6, 6.07) is 12.7. The molecule has 2 aromatic rings. The second-order valence-electron chi connectivity index (χ2n) is 8.81. The Labute approximate surface area is 179 Å². The van der Waals surface area contributed by atoms with Crippen molar-refractivity contribution in [3.05, 3.63) is 76.1 Å². The molecule has 1 aliphatic carbocycles. The van der Waals surface area contributed by atoms with E-state index in [0.717, 1.165) is 54.0 Å². The zero-order valence-electron chi connectivity index (χ0n) is 18.6. The lowest BCUT2D eigenvalue weighted by atomic mass is 9.68. The van der Waals surface area contributed by atoms with E-state index in [1.165, 1.54) is 5.56 Å². The van der Waals surface area contributed by atoms with Crippen molar-refractivity contribution in [2.45, 2.75) is 51.5 Å². The Kier molecular flexibility index (Phi) is 5.46. The van der Waals surface area contributed by atoms with E-state index >= 15 is 0 Å². The third-order valence-corrected chi connectivity index (χ3v) is 6.99. The van der Waals surface area contributed by atoms with Crippen molar-refractivity contribution in [1.82, 2.24) is 4.90 Å². The maximum atomic E-state index is 12.9. The van der Waals surface area contributed by atoms with Crippen LogP contribution in [0.25, 0.3) is 0 Å². The maximum Gasteiger partial charge on any atom is 0.343 e. The minimum atomic E-state index is -0.245. The first-order valence-corrected chi connectivity index (χ1v) is 10.7. The highest BCUT2D eigenvalue weighted by Crippen LogP contribution is 2.48. The van der Waals surface area contributed by atoms with E-state index in [1.807, 2.05) is 32.0 Å². The monoisotopic (exact) mass is 405 g/mol. The fraction of sp³-hybridized carbons (Fsp3) is 0.423. The fourth-order valence-corrected chi connectivity index (χ4v) is 5.29. The van der Waals surface area contributed by atoms with E-state index in [1.54, 1.807) is 7.11 Å². The van der Waals surface area contributed by atoms with Crippen molar-refractivity contribution in [3.8, 4) is 5.75 Å². The number of hydrogen-bond donors (Lipinski definition) is 0. The van der Waals surface area contributed by atoms with Crippen molar-refractivity contribution >= 4 is 5.97 Å². The summed E-state index contributed by atoms with van der Waals surface area (Å²) < 4.78 is 11.4. The Morgan fingerprint density at radius 2 is 1.80 bits per heavy atom. The minimum absolute atomic E-state index is 0.0558. The number of nitrogens with zero attached hydrogens (tertiary/aromatic N) is 1. The summed E-state index contributed by atoms with van der Waals surface area (Å²) in [5, 5.41) is 0. The van der Waals surface area contributed by atoms with Gasteiger partial charge in [-0.3, -0.25) is 4.90 Å². The standard InChI is InChI=1S/C26H31NO3/c1-17-7-6-8-18(2)24(17)25(28)30-21-11-12-26(13-14-27(4)23(26)16-21)20-9-10-22(29-5)19(3)15-20/h6-10,15-16,23H,11-14H2,1-5H3/t23-,26-/m0/s1. The molecule has 2 aliphatic rings. The number of fused-ring (bicyclic) bond motifs is 1. The van der Waals surface area contributed by atoms with Crippen molar-refractivity contribution < 1.29 is 14.3 Å². The Balaban J connectivity index is 1.63. The topological polar surface area (TPSA) is 38.8 Å². The summed E-state index contributed by atoms with van der Waals surface area (Å²) in [5.74, 6) is 1.47. The number of aryl methyl sites for hydroxylation is 3. The van der Waals surface area contributed by atoms with E-state index in [2.05, 4.69) is 43.1 Å². The summed E-state index contributed by atoms with van der Waals surface area (Å²) in [6.07, 6.45) is 5.03. The Morgan fingerprint density at radius 3 is 2.47 bits per heavy atom. The number of hydrogen-bond acceptors (Lipinski definition) is 4. The number of ether oxygens (including phenoxy) is 2. The van der Waals surface area contributed by atoms with Crippen LogP contribution in [0, 0.1) is 20.8 Å². The van der Waals surface area contributed by atoms with Crippen molar-refractivity contribution in [2.75, 3.05) is 20.7 Å². The molecule has 4 nitrogen and oxygen atoms in total. The van der Waals surface area contributed by atoms with Crippen LogP contribution < -0.4 is 4.74 Å². The van der Waals surface area contributed by atoms with E-state index in [-0.39, 0.29) is 17.4 Å². The van der Waals surface area contributed by atoms with Crippen LogP contribution in [0.1, 0.15) is 51.9 Å². The summed E-state index contributed by atoms with van der Waals surface area (Å²) in [7, 11) is 3.88. The van der Waals surface area contributed by atoms with Crippen LogP contribution in [0.4, 0.5) is 0 Å². The number of benzene rings is 2. The fourth-order valence-electron chi connectivity index (χ4n) is 5.29. The van der Waals surface area contributed by atoms with Gasteiger partial charge in [0, 0.05) is 17.9 Å². The predicted octanol–water partition coefficient (Wildman–Crippen LogP) is 5.10. The first kappa shape index (κ1) is 20.7. The van der Waals surface area contributed by atoms with Crippen LogP contribution >= 0.6 is 0 Å². The molecule has 158 valence electrons. The molecule has 1 saturated heterocycles. The van der Waals surface area contributed by atoms with Gasteiger partial charge in [-0.25, -0.2) is 4.79 Å². The number of esters is 1. The van der Waals surface area contributed by atoms with Gasteiger partial charge in [0.15, 0.2) is 0 Å². The van der Waals surface area contributed by atoms with Crippen molar-refractivity contribution in [3.63, 3.8) is 0 Å². The molecule has 0 aromatic heterocycles. The maximum absolute atomic E-state index is 12.9. The highest BCUT2D eigenvalue weighted by molar-refractivity contribution is 5.93. The van der Waals surface area contributed by atoms with Gasteiger partial charge in [0.05, 0.1) is 12.7 Å². The molecule has 0 saturated carbocycles. The number of carbonyl (C=O) groups excluding carboxylic acids is 1. The molecule has 0 N–H and O–H groups in total. The molecular formula is C26H31NO3. The number of methoxy groups -OCH3 is 1. The van der Waals surface area contributed by atoms with Gasteiger partial charge in [-0.2, -0.15) is 0 Å². The van der Waals surface area contributed by atoms with Gasteiger partial charge < -0.3 is 9.47 Å². The molecule has 1 fully saturated rings. The summed E-state index contributed by atoms with van der Waals surface area (Å²) >= 11 is 0. The molecule has 2 aromatic carbocycles. The van der Waals surface area contributed by atoms with Gasteiger partial charge in [-0.05, 0) is 81.6 Å². The zero-order chi connectivity index (χ0) is 21.5. The van der Waals surface area contributed by atoms with Gasteiger partial charge in [-0.1, -0.05) is 30.3 Å². The molecule has 0 amide bonds. The SMILES string of the molecule is COc1ccc([C@@]23CCC(OC(=O)c4c(C)cccc4C)=C[C@@H]2N(C)CC3)cc1C. The third-order valence-electron chi connectivity index (χ3n) is 6.99. The van der Waals surface area contributed by atoms with Crippen molar-refractivity contribution in [1.29, 1.82) is 0 Å². The molecule has 2 atom stereocenters. The number of likely N-dealkylation sites (tertiary alicyclic amines) is 1. The lowest BCUT2D eigenvalue weighted by Gasteiger charge is -2.40. The smallest absolute Gasteiger partial charge is 0.343 e. The largest absolute Gasteiger partial charge is 0.496 e. The van der Waals surface area contributed by atoms with E-state index in [0.29, 0.717) is 5.56 Å². The third kappa shape index (κ3) is 3.43. The molecule has 30 heavy (non-hydrogen) atoms. The second-order valence-corrected chi connectivity index (χ2v) is 8.81. The second kappa shape index (κ2) is 7.92. The molecule has 0 bridgehead atoms. The molecule has 1 heterocycles. The average molecular weight is 406 g/mol. The van der Waals surface area contributed by atoms with Gasteiger partial charge >= 0.3 is 5.97 Å². The minimum Gasteiger partial charge on any atom is -0.496 e. The molecule has 4 rings (SSSR count). The van der Waals surface area contributed by atoms with Crippen molar-refractivity contribution in [2.24, 2.45) is 0 Å². The van der Waals surface area contributed by atoms with Gasteiger partial charge in [-0.15, -0.1) is 0 Å². The highest BCUT2D eigenvalue weighted by atomic mass is 16.5. The lowest BCUT2D eigenvalue weighted by molar-refractivity contribution is 0.0591. The van der Waals surface area contributed by atoms with Crippen LogP contribution in [0.5, 0.6) is 5.75 Å². The zero-order valence-corrected chi connectivity index (χ0v) is 18.6. The number of allylic oxidation sites excluding steroid dienone is 1. The Bertz CT molecular complexity index is 989. The summed E-state index contributed by atoms with van der Waals surface area (Å²) in [4.78, 5) is 15.3. The molecule has 1 aliphatic heterocycles. The highest BCUT2D eigenvalue weighted by Gasteiger charge is 2.48. The van der Waals surface area contributed by atoms with E-state index in [9.17, 15) is 4.79 Å². The first-order valence-electron chi connectivity index (χ1n) is 10.7.